The minimum Gasteiger partial charge on any atom is -0.367 e. The van der Waals surface area contributed by atoms with Crippen molar-refractivity contribution in [1.29, 1.82) is 0 Å². The van der Waals surface area contributed by atoms with Gasteiger partial charge in [0.15, 0.2) is 0 Å². The summed E-state index contributed by atoms with van der Waals surface area (Å²) in [7, 11) is 4.13. The highest BCUT2D eigenvalue weighted by Crippen LogP contribution is 2.24. The molecule has 0 amide bonds. The van der Waals surface area contributed by atoms with E-state index in [4.69, 9.17) is 0 Å². The zero-order chi connectivity index (χ0) is 13.1. The number of halogens is 1. The molecule has 0 radical (unpaired) electrons. The van der Waals surface area contributed by atoms with Crippen LogP contribution in [0.4, 0.5) is 5.69 Å². The van der Waals surface area contributed by atoms with Crippen LogP contribution in [0.1, 0.15) is 17.0 Å². The second kappa shape index (κ2) is 5.57. The van der Waals surface area contributed by atoms with Gasteiger partial charge in [-0.15, -0.1) is 0 Å². The van der Waals surface area contributed by atoms with Gasteiger partial charge in [-0.05, 0) is 18.6 Å². The summed E-state index contributed by atoms with van der Waals surface area (Å²) in [5.74, 6) is 1.07. The first-order chi connectivity index (χ1) is 8.61. The summed E-state index contributed by atoms with van der Waals surface area (Å²) in [5, 5.41) is 0.870. The van der Waals surface area contributed by atoms with Crippen LogP contribution in [0.5, 0.6) is 0 Å². The van der Waals surface area contributed by atoms with E-state index in [2.05, 4.69) is 62.6 Å². The van der Waals surface area contributed by atoms with Gasteiger partial charge in [-0.2, -0.15) is 0 Å². The topological polar surface area (TPSA) is 21.1 Å². The summed E-state index contributed by atoms with van der Waals surface area (Å²) in [5.41, 5.74) is 3.85. The molecule has 0 spiro atoms. The van der Waals surface area contributed by atoms with Crippen LogP contribution in [0.25, 0.3) is 0 Å². The fourth-order valence-corrected chi connectivity index (χ4v) is 2.49. The highest BCUT2D eigenvalue weighted by Gasteiger charge is 2.09. The molecule has 0 unspecified atom stereocenters. The van der Waals surface area contributed by atoms with Crippen molar-refractivity contribution in [3.05, 3.63) is 47.5 Å². The largest absolute Gasteiger partial charge is 0.367 e. The van der Waals surface area contributed by atoms with Gasteiger partial charge in [0.05, 0.1) is 6.54 Å². The molecule has 0 aliphatic rings. The van der Waals surface area contributed by atoms with Crippen LogP contribution >= 0.6 is 15.9 Å². The number of aromatic nitrogens is 2. The SMILES string of the molecule is Cc1ccc(N(C)Cc2nccn2C)c(CBr)c1. The number of hydrogen-bond donors (Lipinski definition) is 0. The molecule has 4 heteroatoms. The van der Waals surface area contributed by atoms with Crippen molar-refractivity contribution in [3.8, 4) is 0 Å². The fourth-order valence-electron chi connectivity index (χ4n) is 2.04. The van der Waals surface area contributed by atoms with Crippen molar-refractivity contribution in [2.45, 2.75) is 18.8 Å². The maximum absolute atomic E-state index is 4.36. The van der Waals surface area contributed by atoms with Crippen molar-refractivity contribution < 1.29 is 0 Å². The molecule has 0 aliphatic heterocycles. The van der Waals surface area contributed by atoms with Gasteiger partial charge < -0.3 is 9.47 Å². The average Bonchev–Trinajstić information content (AvgIpc) is 2.74. The van der Waals surface area contributed by atoms with Gasteiger partial charge in [0.2, 0.25) is 0 Å². The predicted octanol–water partition coefficient (Wildman–Crippen LogP) is 3.26. The van der Waals surface area contributed by atoms with Crippen molar-refractivity contribution in [2.75, 3.05) is 11.9 Å². The highest BCUT2D eigenvalue weighted by atomic mass is 79.9. The van der Waals surface area contributed by atoms with E-state index in [9.17, 15) is 0 Å². The fraction of sp³-hybridized carbons (Fsp3) is 0.357. The van der Waals surface area contributed by atoms with Gasteiger partial charge in [0.1, 0.15) is 5.82 Å². The van der Waals surface area contributed by atoms with Crippen LogP contribution < -0.4 is 4.90 Å². The minimum absolute atomic E-state index is 0.812. The summed E-state index contributed by atoms with van der Waals surface area (Å²) in [6.07, 6.45) is 3.81. The number of anilines is 1. The first-order valence-corrected chi connectivity index (χ1v) is 7.07. The van der Waals surface area contributed by atoms with E-state index in [0.717, 1.165) is 17.7 Å². The molecule has 0 aliphatic carbocycles. The van der Waals surface area contributed by atoms with E-state index >= 15 is 0 Å². The molecule has 2 aromatic rings. The number of hydrogen-bond acceptors (Lipinski definition) is 2. The van der Waals surface area contributed by atoms with Crippen molar-refractivity contribution in [3.63, 3.8) is 0 Å². The summed E-state index contributed by atoms with van der Waals surface area (Å²) < 4.78 is 2.05. The lowest BCUT2D eigenvalue weighted by Crippen LogP contribution is -2.20. The van der Waals surface area contributed by atoms with Crippen LogP contribution in [0.2, 0.25) is 0 Å². The van der Waals surface area contributed by atoms with Crippen LogP contribution in [-0.4, -0.2) is 16.6 Å². The van der Waals surface area contributed by atoms with Gasteiger partial charge >= 0.3 is 0 Å². The molecule has 3 nitrogen and oxygen atoms in total. The van der Waals surface area contributed by atoms with Crippen LogP contribution in [-0.2, 0) is 18.9 Å². The molecular formula is C14H18BrN3. The number of aryl methyl sites for hydroxylation is 2. The number of benzene rings is 1. The summed E-state index contributed by atoms with van der Waals surface area (Å²) in [6, 6.07) is 6.55. The second-order valence-corrected chi connectivity index (χ2v) is 5.14. The van der Waals surface area contributed by atoms with Gasteiger partial charge in [-0.1, -0.05) is 33.6 Å². The molecule has 0 bridgehead atoms. The Morgan fingerprint density at radius 2 is 2.17 bits per heavy atom. The van der Waals surface area contributed by atoms with Crippen LogP contribution in [0.3, 0.4) is 0 Å². The molecule has 0 fully saturated rings. The Morgan fingerprint density at radius 1 is 1.39 bits per heavy atom. The van der Waals surface area contributed by atoms with Gasteiger partial charge in [0, 0.05) is 37.5 Å². The van der Waals surface area contributed by atoms with Crippen molar-refractivity contribution >= 4 is 21.6 Å². The maximum Gasteiger partial charge on any atom is 0.127 e. The van der Waals surface area contributed by atoms with E-state index in [1.54, 1.807) is 0 Å². The Balaban J connectivity index is 2.23. The molecule has 1 aromatic carbocycles. The first-order valence-electron chi connectivity index (χ1n) is 5.94. The zero-order valence-electron chi connectivity index (χ0n) is 11.0. The molecule has 1 heterocycles. The van der Waals surface area contributed by atoms with Crippen molar-refractivity contribution in [1.82, 2.24) is 9.55 Å². The van der Waals surface area contributed by atoms with E-state index in [-0.39, 0.29) is 0 Å². The maximum atomic E-state index is 4.36. The quantitative estimate of drug-likeness (QED) is 0.808. The number of rotatable bonds is 4. The van der Waals surface area contributed by atoms with Gasteiger partial charge in [-0.25, -0.2) is 4.98 Å². The normalized spacial score (nSPS) is 10.7. The standard InChI is InChI=1S/C14H18BrN3/c1-11-4-5-13(12(8-11)9-15)18(3)10-14-16-6-7-17(14)2/h4-8H,9-10H2,1-3H3. The molecule has 0 saturated carbocycles. The number of imidazole rings is 1. The number of nitrogens with zero attached hydrogens (tertiary/aromatic N) is 3. The Morgan fingerprint density at radius 3 is 2.78 bits per heavy atom. The van der Waals surface area contributed by atoms with Crippen LogP contribution in [0, 0.1) is 6.92 Å². The molecular weight excluding hydrogens is 290 g/mol. The molecule has 18 heavy (non-hydrogen) atoms. The Kier molecular flexibility index (Phi) is 4.07. The molecule has 0 N–H and O–H groups in total. The lowest BCUT2D eigenvalue weighted by molar-refractivity contribution is 0.760. The molecule has 0 saturated heterocycles. The van der Waals surface area contributed by atoms with E-state index in [1.807, 2.05) is 19.4 Å². The zero-order valence-corrected chi connectivity index (χ0v) is 12.6. The van der Waals surface area contributed by atoms with E-state index in [0.29, 0.717) is 0 Å². The molecule has 2 rings (SSSR count). The highest BCUT2D eigenvalue weighted by molar-refractivity contribution is 9.08. The van der Waals surface area contributed by atoms with Gasteiger partial charge in [-0.3, -0.25) is 0 Å². The third kappa shape index (κ3) is 2.75. The Hall–Kier alpha value is -1.29. The van der Waals surface area contributed by atoms with Gasteiger partial charge in [0.25, 0.3) is 0 Å². The molecule has 96 valence electrons. The minimum atomic E-state index is 0.812. The Bertz CT molecular complexity index is 534. The summed E-state index contributed by atoms with van der Waals surface area (Å²) >= 11 is 3.56. The first kappa shape index (κ1) is 13.1. The predicted molar refractivity (Wildman–Crippen MR) is 79.1 cm³/mol. The average molecular weight is 308 g/mol. The lowest BCUT2D eigenvalue weighted by atomic mass is 10.1. The Labute approximate surface area is 117 Å². The van der Waals surface area contributed by atoms with Crippen molar-refractivity contribution in [2.24, 2.45) is 7.05 Å². The summed E-state index contributed by atoms with van der Waals surface area (Å²) in [4.78, 5) is 6.60. The summed E-state index contributed by atoms with van der Waals surface area (Å²) in [6.45, 7) is 2.93. The smallest absolute Gasteiger partial charge is 0.127 e. The lowest BCUT2D eigenvalue weighted by Gasteiger charge is -2.22. The third-order valence-electron chi connectivity index (χ3n) is 3.09. The monoisotopic (exact) mass is 307 g/mol. The third-order valence-corrected chi connectivity index (χ3v) is 3.69. The second-order valence-electron chi connectivity index (χ2n) is 4.58. The van der Waals surface area contributed by atoms with E-state index in [1.165, 1.54) is 16.8 Å². The van der Waals surface area contributed by atoms with Crippen LogP contribution in [0.15, 0.2) is 30.6 Å². The molecule has 1 aromatic heterocycles. The molecule has 0 atom stereocenters. The number of alkyl halides is 1. The van der Waals surface area contributed by atoms with E-state index < -0.39 is 0 Å².